The molecule has 0 bridgehead atoms. The Morgan fingerprint density at radius 1 is 1.05 bits per heavy atom. The van der Waals surface area contributed by atoms with Crippen LogP contribution in [-0.2, 0) is 4.79 Å². The Kier molecular flexibility index (Phi) is 9.42. The minimum absolute atomic E-state index is 0.845. The van der Waals surface area contributed by atoms with Crippen molar-refractivity contribution in [3.8, 4) is 0 Å². The molecule has 0 radical (unpaired) electrons. The van der Waals surface area contributed by atoms with Crippen molar-refractivity contribution in [2.75, 3.05) is 0 Å². The van der Waals surface area contributed by atoms with Crippen LogP contribution in [0.25, 0.3) is 0 Å². The number of allylic oxidation sites excluding steroid dienone is 4. The zero-order valence-electron chi connectivity index (χ0n) is 12.9. The van der Waals surface area contributed by atoms with E-state index in [1.165, 1.54) is 16.7 Å². The molecule has 0 spiro atoms. The predicted molar refractivity (Wildman–Crippen MR) is 84.4 cm³/mol. The Morgan fingerprint density at radius 2 is 1.58 bits per heavy atom. The number of aryl methyl sites for hydroxylation is 2. The van der Waals surface area contributed by atoms with Gasteiger partial charge in [0, 0.05) is 0 Å². The molecular weight excluding hydrogens is 232 g/mol. The lowest BCUT2D eigenvalue weighted by molar-refractivity contribution is -0.104. The molecule has 0 aromatic heterocycles. The van der Waals surface area contributed by atoms with Gasteiger partial charge in [-0.3, -0.25) is 4.79 Å². The maximum atomic E-state index is 10.0. The summed E-state index contributed by atoms with van der Waals surface area (Å²) in [6, 6.07) is 8.36. The van der Waals surface area contributed by atoms with Crippen LogP contribution in [0.5, 0.6) is 0 Å². The van der Waals surface area contributed by atoms with Crippen LogP contribution in [0.4, 0.5) is 0 Å². The van der Waals surface area contributed by atoms with Crippen LogP contribution in [0.3, 0.4) is 0 Å². The van der Waals surface area contributed by atoms with Gasteiger partial charge >= 0.3 is 0 Å². The van der Waals surface area contributed by atoms with E-state index in [0.29, 0.717) is 0 Å². The van der Waals surface area contributed by atoms with Gasteiger partial charge in [0.2, 0.25) is 0 Å². The number of carbonyl (C=O) groups excluding carboxylic acids is 1. The number of aldehydes is 1. The Balaban J connectivity index is 0.000000356. The van der Waals surface area contributed by atoms with E-state index in [9.17, 15) is 4.79 Å². The van der Waals surface area contributed by atoms with Gasteiger partial charge in [0.05, 0.1) is 0 Å². The maximum Gasteiger partial charge on any atom is 0.142 e. The number of hydrogen-bond acceptors (Lipinski definition) is 1. The van der Waals surface area contributed by atoms with Gasteiger partial charge in [-0.25, -0.2) is 0 Å². The van der Waals surface area contributed by atoms with E-state index >= 15 is 0 Å². The molecule has 0 atom stereocenters. The van der Waals surface area contributed by atoms with E-state index in [0.717, 1.165) is 24.7 Å². The SMILES string of the molecule is CC(C)=CCCC(C)=CC=O.Cc1ccccc1C. The second-order valence-corrected chi connectivity index (χ2v) is 5.05. The summed E-state index contributed by atoms with van der Waals surface area (Å²) in [4.78, 5) is 10.0. The molecule has 0 unspecified atom stereocenters. The molecule has 0 heterocycles. The number of carbonyl (C=O) groups is 1. The van der Waals surface area contributed by atoms with Gasteiger partial charge in [-0.2, -0.15) is 0 Å². The van der Waals surface area contributed by atoms with Crippen molar-refractivity contribution in [2.24, 2.45) is 0 Å². The molecule has 0 fully saturated rings. The quantitative estimate of drug-likeness (QED) is 0.413. The molecule has 1 aromatic carbocycles. The summed E-state index contributed by atoms with van der Waals surface area (Å²) in [5.41, 5.74) is 5.22. The monoisotopic (exact) mass is 258 g/mol. The van der Waals surface area contributed by atoms with Gasteiger partial charge in [-0.1, -0.05) is 41.5 Å². The number of hydrogen-bond donors (Lipinski definition) is 0. The van der Waals surface area contributed by atoms with Crippen LogP contribution in [0, 0.1) is 13.8 Å². The van der Waals surface area contributed by atoms with Crippen molar-refractivity contribution in [2.45, 2.75) is 47.5 Å². The Bertz CT molecular complexity index is 414. The van der Waals surface area contributed by atoms with Crippen molar-refractivity contribution in [3.05, 3.63) is 58.7 Å². The van der Waals surface area contributed by atoms with E-state index in [1.54, 1.807) is 6.08 Å². The average Bonchev–Trinajstić information content (AvgIpc) is 2.34. The maximum absolute atomic E-state index is 10.0. The molecule has 1 rings (SSSR count). The van der Waals surface area contributed by atoms with Crippen LogP contribution in [0.2, 0.25) is 0 Å². The van der Waals surface area contributed by atoms with Crippen LogP contribution in [0.1, 0.15) is 44.7 Å². The van der Waals surface area contributed by atoms with Crippen molar-refractivity contribution in [3.63, 3.8) is 0 Å². The Labute approximate surface area is 118 Å². The number of rotatable bonds is 4. The van der Waals surface area contributed by atoms with E-state index in [4.69, 9.17) is 0 Å². The van der Waals surface area contributed by atoms with Crippen LogP contribution in [0.15, 0.2) is 47.6 Å². The zero-order chi connectivity index (χ0) is 14.7. The highest BCUT2D eigenvalue weighted by Gasteiger charge is 1.86. The van der Waals surface area contributed by atoms with Crippen molar-refractivity contribution < 1.29 is 4.79 Å². The Hall–Kier alpha value is -1.63. The van der Waals surface area contributed by atoms with Gasteiger partial charge in [0.15, 0.2) is 0 Å². The average molecular weight is 258 g/mol. The largest absolute Gasteiger partial charge is 0.299 e. The summed E-state index contributed by atoms with van der Waals surface area (Å²) < 4.78 is 0. The molecule has 0 N–H and O–H groups in total. The summed E-state index contributed by atoms with van der Waals surface area (Å²) in [5, 5.41) is 0. The van der Waals surface area contributed by atoms with Crippen LogP contribution < -0.4 is 0 Å². The lowest BCUT2D eigenvalue weighted by atomic mass is 10.1. The van der Waals surface area contributed by atoms with Gasteiger partial charge in [-0.15, -0.1) is 0 Å². The van der Waals surface area contributed by atoms with E-state index in [2.05, 4.69) is 58.0 Å². The summed E-state index contributed by atoms with van der Waals surface area (Å²) in [6.45, 7) is 10.4. The fourth-order valence-electron chi connectivity index (χ4n) is 1.45. The molecule has 0 aliphatic rings. The summed E-state index contributed by atoms with van der Waals surface area (Å²) >= 11 is 0. The van der Waals surface area contributed by atoms with Crippen LogP contribution >= 0.6 is 0 Å². The fraction of sp³-hybridized carbons (Fsp3) is 0.389. The Morgan fingerprint density at radius 3 is 1.95 bits per heavy atom. The third-order valence-corrected chi connectivity index (χ3v) is 2.87. The van der Waals surface area contributed by atoms with Gasteiger partial charge in [0.25, 0.3) is 0 Å². The van der Waals surface area contributed by atoms with Crippen molar-refractivity contribution in [1.82, 2.24) is 0 Å². The molecule has 0 aliphatic heterocycles. The molecule has 1 nitrogen and oxygen atoms in total. The second kappa shape index (κ2) is 10.3. The number of benzene rings is 1. The van der Waals surface area contributed by atoms with Crippen LogP contribution in [-0.4, -0.2) is 6.29 Å². The highest BCUT2D eigenvalue weighted by Crippen LogP contribution is 2.05. The lowest BCUT2D eigenvalue weighted by Crippen LogP contribution is -1.77. The van der Waals surface area contributed by atoms with Crippen molar-refractivity contribution in [1.29, 1.82) is 0 Å². The van der Waals surface area contributed by atoms with Crippen molar-refractivity contribution >= 4 is 6.29 Å². The molecular formula is C18H26O. The molecule has 1 heteroatoms. The minimum atomic E-state index is 0.845. The molecule has 1 aromatic rings. The molecule has 0 saturated carbocycles. The first-order valence-electron chi connectivity index (χ1n) is 6.74. The third kappa shape index (κ3) is 10.0. The second-order valence-electron chi connectivity index (χ2n) is 5.05. The zero-order valence-corrected chi connectivity index (χ0v) is 12.9. The van der Waals surface area contributed by atoms with E-state index in [1.807, 2.05) is 6.92 Å². The third-order valence-electron chi connectivity index (χ3n) is 2.87. The highest BCUT2D eigenvalue weighted by atomic mass is 16.1. The first kappa shape index (κ1) is 17.4. The molecule has 0 aliphatic carbocycles. The lowest BCUT2D eigenvalue weighted by Gasteiger charge is -1.94. The minimum Gasteiger partial charge on any atom is -0.299 e. The first-order chi connectivity index (χ1) is 8.97. The van der Waals surface area contributed by atoms with E-state index in [-0.39, 0.29) is 0 Å². The topological polar surface area (TPSA) is 17.1 Å². The standard InChI is InChI=1S/C10H16O.C8H10/c1-9(2)5-4-6-10(3)7-8-11;1-7-5-3-4-6-8(7)2/h5,7-8H,4,6H2,1-3H3;3-6H,1-2H3. The van der Waals surface area contributed by atoms with Gasteiger partial charge in [-0.05, 0) is 64.7 Å². The summed E-state index contributed by atoms with van der Waals surface area (Å²) in [5.74, 6) is 0. The summed E-state index contributed by atoms with van der Waals surface area (Å²) in [6.07, 6.45) is 6.68. The van der Waals surface area contributed by atoms with Gasteiger partial charge < -0.3 is 0 Å². The predicted octanol–water partition coefficient (Wildman–Crippen LogP) is 5.18. The highest BCUT2D eigenvalue weighted by molar-refractivity contribution is 5.65. The van der Waals surface area contributed by atoms with E-state index < -0.39 is 0 Å². The summed E-state index contributed by atoms with van der Waals surface area (Å²) in [7, 11) is 0. The van der Waals surface area contributed by atoms with Gasteiger partial charge in [0.1, 0.15) is 6.29 Å². The smallest absolute Gasteiger partial charge is 0.142 e. The molecule has 0 amide bonds. The molecule has 0 saturated heterocycles. The molecule has 104 valence electrons. The molecule has 19 heavy (non-hydrogen) atoms. The normalized spacial score (nSPS) is 10.3. The fourth-order valence-corrected chi connectivity index (χ4v) is 1.45. The first-order valence-corrected chi connectivity index (χ1v) is 6.74.